The zero-order chi connectivity index (χ0) is 13.6. The molecule has 0 spiro atoms. The van der Waals surface area contributed by atoms with Crippen molar-refractivity contribution in [3.63, 3.8) is 0 Å². The zero-order valence-corrected chi connectivity index (χ0v) is 12.7. The fourth-order valence-corrected chi connectivity index (χ4v) is 3.50. The molecule has 108 valence electrons. The van der Waals surface area contributed by atoms with Crippen molar-refractivity contribution in [2.45, 2.75) is 52.5 Å². The predicted octanol–water partition coefficient (Wildman–Crippen LogP) is 1.73. The third-order valence-electron chi connectivity index (χ3n) is 3.67. The van der Waals surface area contributed by atoms with Crippen LogP contribution in [0.5, 0.6) is 0 Å². The first-order valence-electron chi connectivity index (χ1n) is 7.13. The molecule has 2 N–H and O–H groups in total. The summed E-state index contributed by atoms with van der Waals surface area (Å²) in [4.78, 5) is 0. The molecule has 0 amide bonds. The smallest absolute Gasteiger partial charge is 0.211 e. The Labute approximate surface area is 112 Å². The van der Waals surface area contributed by atoms with Crippen LogP contribution in [0, 0.1) is 11.8 Å². The quantitative estimate of drug-likeness (QED) is 0.696. The van der Waals surface area contributed by atoms with Gasteiger partial charge in [-0.05, 0) is 51.0 Å². The van der Waals surface area contributed by atoms with Crippen molar-refractivity contribution >= 4 is 10.0 Å². The van der Waals surface area contributed by atoms with Gasteiger partial charge in [0.05, 0.1) is 5.75 Å². The van der Waals surface area contributed by atoms with E-state index in [-0.39, 0.29) is 5.75 Å². The molecule has 0 radical (unpaired) electrons. The lowest BCUT2D eigenvalue weighted by molar-refractivity contribution is 0.239. The summed E-state index contributed by atoms with van der Waals surface area (Å²) < 4.78 is 25.0. The van der Waals surface area contributed by atoms with Crippen LogP contribution in [0.3, 0.4) is 0 Å². The van der Waals surface area contributed by atoms with Crippen molar-refractivity contribution in [3.8, 4) is 0 Å². The number of rotatable bonds is 7. The van der Waals surface area contributed by atoms with E-state index in [4.69, 9.17) is 0 Å². The van der Waals surface area contributed by atoms with Gasteiger partial charge in [-0.1, -0.05) is 13.8 Å². The van der Waals surface area contributed by atoms with Gasteiger partial charge in [0.15, 0.2) is 0 Å². The van der Waals surface area contributed by atoms with Crippen molar-refractivity contribution in [2.24, 2.45) is 11.8 Å². The SMILES string of the molecule is CCS(=O)(=O)NCCCNC1C[C@H](C)C[C@@H](C)C1. The standard InChI is InChI=1S/C13H28N2O2S/c1-4-18(16,17)15-7-5-6-14-13-9-11(2)8-12(3)10-13/h11-15H,4-10H2,1-3H3/t11-,12-/m1/s1. The third-order valence-corrected chi connectivity index (χ3v) is 5.07. The Morgan fingerprint density at radius 3 is 2.22 bits per heavy atom. The summed E-state index contributed by atoms with van der Waals surface area (Å²) in [7, 11) is -3.02. The molecule has 0 bridgehead atoms. The molecule has 0 unspecified atom stereocenters. The second kappa shape index (κ2) is 7.46. The molecule has 4 nitrogen and oxygen atoms in total. The Morgan fingerprint density at radius 2 is 1.67 bits per heavy atom. The average Bonchev–Trinajstić information content (AvgIpc) is 2.27. The molecule has 0 aliphatic heterocycles. The van der Waals surface area contributed by atoms with Crippen molar-refractivity contribution < 1.29 is 8.42 Å². The van der Waals surface area contributed by atoms with Gasteiger partial charge in [-0.15, -0.1) is 0 Å². The maximum absolute atomic E-state index is 11.2. The van der Waals surface area contributed by atoms with Crippen molar-refractivity contribution in [1.82, 2.24) is 10.0 Å². The van der Waals surface area contributed by atoms with Crippen molar-refractivity contribution in [3.05, 3.63) is 0 Å². The molecule has 1 aliphatic rings. The molecule has 1 fully saturated rings. The molecule has 0 aromatic heterocycles. The van der Waals surface area contributed by atoms with Gasteiger partial charge in [0, 0.05) is 12.6 Å². The first-order chi connectivity index (χ1) is 8.43. The van der Waals surface area contributed by atoms with E-state index < -0.39 is 10.0 Å². The minimum absolute atomic E-state index is 0.165. The maximum atomic E-state index is 11.2. The van der Waals surface area contributed by atoms with Gasteiger partial charge >= 0.3 is 0 Å². The molecule has 5 heteroatoms. The monoisotopic (exact) mass is 276 g/mol. The zero-order valence-electron chi connectivity index (χ0n) is 11.9. The van der Waals surface area contributed by atoms with Gasteiger partial charge in [0.1, 0.15) is 0 Å². The molecule has 0 aromatic rings. The molecule has 1 rings (SSSR count). The van der Waals surface area contributed by atoms with Crippen LogP contribution in [0.1, 0.15) is 46.5 Å². The Hall–Kier alpha value is -0.130. The van der Waals surface area contributed by atoms with Crippen LogP contribution >= 0.6 is 0 Å². The molecule has 1 aliphatic carbocycles. The Balaban J connectivity index is 2.11. The van der Waals surface area contributed by atoms with Crippen LogP contribution in [0.2, 0.25) is 0 Å². The van der Waals surface area contributed by atoms with E-state index in [1.165, 1.54) is 19.3 Å². The van der Waals surface area contributed by atoms with Gasteiger partial charge in [-0.2, -0.15) is 0 Å². The first-order valence-corrected chi connectivity index (χ1v) is 8.79. The summed E-state index contributed by atoms with van der Waals surface area (Å²) in [5, 5.41) is 3.55. The van der Waals surface area contributed by atoms with Crippen molar-refractivity contribution in [1.29, 1.82) is 0 Å². The summed E-state index contributed by atoms with van der Waals surface area (Å²) in [6, 6.07) is 0.617. The largest absolute Gasteiger partial charge is 0.314 e. The normalized spacial score (nSPS) is 29.4. The number of nitrogens with one attached hydrogen (secondary N) is 2. The molecule has 0 heterocycles. The number of hydrogen-bond acceptors (Lipinski definition) is 3. The summed E-state index contributed by atoms with van der Waals surface area (Å²) >= 11 is 0. The van der Waals surface area contributed by atoms with Crippen LogP contribution in [0.15, 0.2) is 0 Å². The molecular weight excluding hydrogens is 248 g/mol. The van der Waals surface area contributed by atoms with E-state index in [0.717, 1.165) is 24.8 Å². The van der Waals surface area contributed by atoms with E-state index in [1.54, 1.807) is 6.92 Å². The van der Waals surface area contributed by atoms with Crippen LogP contribution in [0.4, 0.5) is 0 Å². The number of hydrogen-bond donors (Lipinski definition) is 2. The van der Waals surface area contributed by atoms with E-state index in [1.807, 2.05) is 0 Å². The minimum atomic E-state index is -3.02. The summed E-state index contributed by atoms with van der Waals surface area (Å²) in [6.45, 7) is 7.74. The van der Waals surface area contributed by atoms with E-state index in [9.17, 15) is 8.42 Å². The molecule has 0 aromatic carbocycles. The highest BCUT2D eigenvalue weighted by Gasteiger charge is 2.23. The molecule has 0 saturated heterocycles. The average molecular weight is 276 g/mol. The van der Waals surface area contributed by atoms with Gasteiger partial charge in [-0.25, -0.2) is 13.1 Å². The topological polar surface area (TPSA) is 58.2 Å². The molecule has 2 atom stereocenters. The van der Waals surface area contributed by atoms with Crippen LogP contribution in [-0.4, -0.2) is 33.3 Å². The molecular formula is C13H28N2O2S. The van der Waals surface area contributed by atoms with Crippen LogP contribution in [0.25, 0.3) is 0 Å². The predicted molar refractivity (Wildman–Crippen MR) is 76.1 cm³/mol. The fourth-order valence-electron chi connectivity index (χ4n) is 2.84. The van der Waals surface area contributed by atoms with Gasteiger partial charge in [0.25, 0.3) is 0 Å². The van der Waals surface area contributed by atoms with Crippen molar-refractivity contribution in [2.75, 3.05) is 18.8 Å². The van der Waals surface area contributed by atoms with Crippen LogP contribution in [-0.2, 0) is 10.0 Å². The summed E-state index contributed by atoms with van der Waals surface area (Å²) in [5.41, 5.74) is 0. The first kappa shape index (κ1) is 15.9. The maximum Gasteiger partial charge on any atom is 0.211 e. The highest BCUT2D eigenvalue weighted by atomic mass is 32.2. The van der Waals surface area contributed by atoms with Crippen LogP contribution < -0.4 is 10.0 Å². The highest BCUT2D eigenvalue weighted by Crippen LogP contribution is 2.28. The molecule has 1 saturated carbocycles. The van der Waals surface area contributed by atoms with Gasteiger partial charge < -0.3 is 5.32 Å². The Bertz CT molecular complexity index is 320. The minimum Gasteiger partial charge on any atom is -0.314 e. The lowest BCUT2D eigenvalue weighted by Crippen LogP contribution is -2.38. The number of sulfonamides is 1. The third kappa shape index (κ3) is 6.16. The highest BCUT2D eigenvalue weighted by molar-refractivity contribution is 7.89. The molecule has 18 heavy (non-hydrogen) atoms. The van der Waals surface area contributed by atoms with E-state index in [0.29, 0.717) is 12.6 Å². The van der Waals surface area contributed by atoms with E-state index >= 15 is 0 Å². The Kier molecular flexibility index (Phi) is 6.60. The summed E-state index contributed by atoms with van der Waals surface area (Å²) in [5.74, 6) is 1.78. The van der Waals surface area contributed by atoms with E-state index in [2.05, 4.69) is 23.9 Å². The lowest BCUT2D eigenvalue weighted by Gasteiger charge is -2.32. The lowest BCUT2D eigenvalue weighted by atomic mass is 9.80. The van der Waals surface area contributed by atoms with Gasteiger partial charge in [0.2, 0.25) is 10.0 Å². The second-order valence-electron chi connectivity index (χ2n) is 5.72. The Morgan fingerprint density at radius 1 is 1.06 bits per heavy atom. The summed E-state index contributed by atoms with van der Waals surface area (Å²) in [6.07, 6.45) is 4.71. The fraction of sp³-hybridized carbons (Fsp3) is 1.00. The second-order valence-corrected chi connectivity index (χ2v) is 7.82. The van der Waals surface area contributed by atoms with Gasteiger partial charge in [-0.3, -0.25) is 0 Å².